The van der Waals surface area contributed by atoms with Crippen molar-refractivity contribution < 1.29 is 24.2 Å². The molecule has 0 radical (unpaired) electrons. The zero-order valence-electron chi connectivity index (χ0n) is 15.3. The molecule has 0 saturated carbocycles. The summed E-state index contributed by atoms with van der Waals surface area (Å²) in [6.07, 6.45) is 0.544. The highest BCUT2D eigenvalue weighted by molar-refractivity contribution is 5.90. The van der Waals surface area contributed by atoms with Gasteiger partial charge in [-0.2, -0.15) is 0 Å². The molecule has 1 saturated heterocycles. The summed E-state index contributed by atoms with van der Waals surface area (Å²) in [4.78, 5) is 38.1. The molecule has 2 atom stereocenters. The van der Waals surface area contributed by atoms with Gasteiger partial charge in [0, 0.05) is 6.54 Å². The summed E-state index contributed by atoms with van der Waals surface area (Å²) in [6, 6.07) is 15.8. The molecule has 2 amide bonds. The molecule has 2 N–H and O–H groups in total. The fourth-order valence-electron chi connectivity index (χ4n) is 3.23. The fraction of sp³-hybridized carbons (Fsp3) is 0.286. The Morgan fingerprint density at radius 2 is 1.71 bits per heavy atom. The fourth-order valence-corrected chi connectivity index (χ4v) is 3.23. The number of amides is 2. The molecule has 1 aliphatic rings. The molecule has 1 aliphatic heterocycles. The molecular formula is C21H22N2O5. The van der Waals surface area contributed by atoms with Gasteiger partial charge in [-0.05, 0) is 24.0 Å². The maximum atomic E-state index is 12.7. The first-order chi connectivity index (χ1) is 13.6. The summed E-state index contributed by atoms with van der Waals surface area (Å²) in [7, 11) is 0. The summed E-state index contributed by atoms with van der Waals surface area (Å²) in [5.74, 6) is -1.65. The highest BCUT2D eigenvalue weighted by atomic mass is 16.6. The van der Waals surface area contributed by atoms with Crippen LogP contribution in [0, 0.1) is 0 Å². The predicted octanol–water partition coefficient (Wildman–Crippen LogP) is 2.73. The van der Waals surface area contributed by atoms with Gasteiger partial charge in [0.2, 0.25) is 5.91 Å². The lowest BCUT2D eigenvalue weighted by Gasteiger charge is -2.25. The Labute approximate surface area is 162 Å². The third-order valence-electron chi connectivity index (χ3n) is 4.66. The van der Waals surface area contributed by atoms with Gasteiger partial charge in [0.15, 0.2) is 6.04 Å². The normalized spacial score (nSPS) is 17.0. The Hall–Kier alpha value is -3.35. The van der Waals surface area contributed by atoms with Gasteiger partial charge in [-0.25, -0.2) is 9.59 Å². The molecule has 0 bridgehead atoms. The van der Waals surface area contributed by atoms with Crippen LogP contribution < -0.4 is 5.32 Å². The van der Waals surface area contributed by atoms with E-state index in [4.69, 9.17) is 4.74 Å². The van der Waals surface area contributed by atoms with Crippen LogP contribution in [0.4, 0.5) is 4.79 Å². The van der Waals surface area contributed by atoms with Crippen molar-refractivity contribution in [3.05, 3.63) is 71.8 Å². The van der Waals surface area contributed by atoms with E-state index in [9.17, 15) is 19.5 Å². The average molecular weight is 382 g/mol. The molecule has 28 heavy (non-hydrogen) atoms. The standard InChI is InChI=1S/C21H22N2O5/c24-19(22-18(20(25)26)16-10-5-2-6-11-16)17-12-7-13-23(17)21(27)28-14-15-8-3-1-4-9-15/h1-6,8-11,17-18H,7,12-14H2,(H,22,24)(H,25,26)/t17-,18+/m1/s1. The Morgan fingerprint density at radius 3 is 2.36 bits per heavy atom. The van der Waals surface area contributed by atoms with E-state index >= 15 is 0 Å². The molecule has 7 heteroatoms. The van der Waals surface area contributed by atoms with Crippen molar-refractivity contribution >= 4 is 18.0 Å². The second kappa shape index (κ2) is 9.03. The molecule has 7 nitrogen and oxygen atoms in total. The molecule has 1 fully saturated rings. The molecule has 1 heterocycles. The van der Waals surface area contributed by atoms with E-state index in [0.29, 0.717) is 24.9 Å². The molecule has 0 aromatic heterocycles. The molecule has 3 rings (SSSR count). The van der Waals surface area contributed by atoms with Gasteiger partial charge in [-0.3, -0.25) is 9.69 Å². The van der Waals surface area contributed by atoms with Crippen LogP contribution in [-0.4, -0.2) is 40.6 Å². The molecule has 146 valence electrons. The number of carboxylic acid groups (broad SMARTS) is 1. The number of rotatable bonds is 6. The highest BCUT2D eigenvalue weighted by Gasteiger charge is 2.37. The second-order valence-corrected chi connectivity index (χ2v) is 6.58. The summed E-state index contributed by atoms with van der Waals surface area (Å²) >= 11 is 0. The number of carbonyl (C=O) groups is 3. The van der Waals surface area contributed by atoms with E-state index in [1.807, 2.05) is 30.3 Å². The van der Waals surface area contributed by atoms with Crippen molar-refractivity contribution in [2.24, 2.45) is 0 Å². The van der Waals surface area contributed by atoms with E-state index in [1.165, 1.54) is 4.90 Å². The van der Waals surface area contributed by atoms with Gasteiger partial charge in [-0.15, -0.1) is 0 Å². The number of nitrogens with zero attached hydrogens (tertiary/aromatic N) is 1. The van der Waals surface area contributed by atoms with E-state index in [0.717, 1.165) is 5.56 Å². The molecule has 2 aromatic rings. The third-order valence-corrected chi connectivity index (χ3v) is 4.66. The Balaban J connectivity index is 1.63. The van der Waals surface area contributed by atoms with Gasteiger partial charge >= 0.3 is 12.1 Å². The Kier molecular flexibility index (Phi) is 6.26. The summed E-state index contributed by atoms with van der Waals surface area (Å²) in [5, 5.41) is 12.0. The van der Waals surface area contributed by atoms with Crippen molar-refractivity contribution in [3.63, 3.8) is 0 Å². The molecule has 2 aromatic carbocycles. The minimum Gasteiger partial charge on any atom is -0.479 e. The lowest BCUT2D eigenvalue weighted by molar-refractivity contribution is -0.142. The molecule has 0 aliphatic carbocycles. The maximum Gasteiger partial charge on any atom is 0.410 e. The van der Waals surface area contributed by atoms with Crippen LogP contribution in [0.15, 0.2) is 60.7 Å². The lowest BCUT2D eigenvalue weighted by atomic mass is 10.1. The molecular weight excluding hydrogens is 360 g/mol. The van der Waals surface area contributed by atoms with E-state index in [2.05, 4.69) is 5.32 Å². The SMILES string of the molecule is O=C(O)[C@@H](NC(=O)[C@H]1CCCN1C(=O)OCc1ccccc1)c1ccccc1. The number of ether oxygens (including phenoxy) is 1. The number of benzene rings is 2. The lowest BCUT2D eigenvalue weighted by Crippen LogP contribution is -2.48. The second-order valence-electron chi connectivity index (χ2n) is 6.58. The van der Waals surface area contributed by atoms with Crippen LogP contribution in [0.3, 0.4) is 0 Å². The quantitative estimate of drug-likeness (QED) is 0.801. The smallest absolute Gasteiger partial charge is 0.410 e. The number of likely N-dealkylation sites (tertiary alicyclic amines) is 1. The first-order valence-electron chi connectivity index (χ1n) is 9.11. The number of hydrogen-bond donors (Lipinski definition) is 2. The average Bonchev–Trinajstić information content (AvgIpc) is 3.21. The van der Waals surface area contributed by atoms with Gasteiger partial charge in [0.05, 0.1) is 0 Å². The summed E-state index contributed by atoms with van der Waals surface area (Å²) < 4.78 is 5.32. The van der Waals surface area contributed by atoms with E-state index in [-0.39, 0.29) is 6.61 Å². The maximum absolute atomic E-state index is 12.7. The van der Waals surface area contributed by atoms with Crippen LogP contribution >= 0.6 is 0 Å². The number of hydrogen-bond acceptors (Lipinski definition) is 4. The monoisotopic (exact) mass is 382 g/mol. The Bertz CT molecular complexity index is 825. The summed E-state index contributed by atoms with van der Waals surface area (Å²) in [5.41, 5.74) is 1.32. The number of carbonyl (C=O) groups excluding carboxylic acids is 2. The molecule has 0 unspecified atom stereocenters. The third kappa shape index (κ3) is 4.68. The van der Waals surface area contributed by atoms with Crippen molar-refractivity contribution in [2.45, 2.75) is 31.5 Å². The van der Waals surface area contributed by atoms with Gasteiger partial charge < -0.3 is 15.2 Å². The van der Waals surface area contributed by atoms with Crippen molar-refractivity contribution in [1.82, 2.24) is 10.2 Å². The largest absolute Gasteiger partial charge is 0.479 e. The molecule has 0 spiro atoms. The van der Waals surface area contributed by atoms with Gasteiger partial charge in [-0.1, -0.05) is 60.7 Å². The van der Waals surface area contributed by atoms with Crippen molar-refractivity contribution in [2.75, 3.05) is 6.54 Å². The number of aliphatic carboxylic acids is 1. The minimum absolute atomic E-state index is 0.117. The first kappa shape index (κ1) is 19.4. The van der Waals surface area contributed by atoms with Crippen LogP contribution in [0.1, 0.15) is 30.0 Å². The van der Waals surface area contributed by atoms with Crippen LogP contribution in [0.5, 0.6) is 0 Å². The number of nitrogens with one attached hydrogen (secondary N) is 1. The summed E-state index contributed by atoms with van der Waals surface area (Å²) in [6.45, 7) is 0.515. The first-order valence-corrected chi connectivity index (χ1v) is 9.11. The van der Waals surface area contributed by atoms with Gasteiger partial charge in [0.25, 0.3) is 0 Å². The van der Waals surface area contributed by atoms with Gasteiger partial charge in [0.1, 0.15) is 12.6 Å². The van der Waals surface area contributed by atoms with Crippen molar-refractivity contribution in [1.29, 1.82) is 0 Å². The predicted molar refractivity (Wildman–Crippen MR) is 101 cm³/mol. The Morgan fingerprint density at radius 1 is 1.07 bits per heavy atom. The minimum atomic E-state index is -1.17. The van der Waals surface area contributed by atoms with E-state index in [1.54, 1.807) is 30.3 Å². The van der Waals surface area contributed by atoms with E-state index < -0.39 is 30.1 Å². The van der Waals surface area contributed by atoms with Crippen molar-refractivity contribution in [3.8, 4) is 0 Å². The van der Waals surface area contributed by atoms with Crippen LogP contribution in [0.25, 0.3) is 0 Å². The number of carboxylic acids is 1. The topological polar surface area (TPSA) is 95.9 Å². The highest BCUT2D eigenvalue weighted by Crippen LogP contribution is 2.21. The van der Waals surface area contributed by atoms with Crippen LogP contribution in [0.2, 0.25) is 0 Å². The van der Waals surface area contributed by atoms with Crippen LogP contribution in [-0.2, 0) is 20.9 Å². The zero-order valence-corrected chi connectivity index (χ0v) is 15.3. The zero-order chi connectivity index (χ0) is 19.9.